The molecule has 0 radical (unpaired) electrons. The molecule has 5 heteroatoms. The summed E-state index contributed by atoms with van der Waals surface area (Å²) >= 11 is 0. The van der Waals surface area contributed by atoms with Crippen molar-refractivity contribution >= 4 is 10.0 Å². The molecule has 0 heterocycles. The molecule has 0 spiro atoms. The molecular weight excluding hydrogens is 310 g/mol. The van der Waals surface area contributed by atoms with Gasteiger partial charge in [-0.3, -0.25) is 0 Å². The number of fused-ring (bicyclic) bond motifs is 1. The Hall–Kier alpha value is -1.69. The molecule has 122 valence electrons. The fraction of sp³-hybridized carbons (Fsp3) is 0.333. The Balaban J connectivity index is 1.95. The van der Waals surface area contributed by atoms with Gasteiger partial charge in [-0.1, -0.05) is 42.0 Å². The molecule has 2 aromatic rings. The summed E-state index contributed by atoms with van der Waals surface area (Å²) in [6, 6.07) is 14.5. The fourth-order valence-corrected chi connectivity index (χ4v) is 4.32. The Morgan fingerprint density at radius 2 is 1.78 bits per heavy atom. The highest BCUT2D eigenvalue weighted by atomic mass is 32.2. The van der Waals surface area contributed by atoms with Gasteiger partial charge in [0, 0.05) is 7.11 Å². The number of nitrogens with one attached hydrogen (secondary N) is 1. The van der Waals surface area contributed by atoms with Crippen LogP contribution >= 0.6 is 0 Å². The van der Waals surface area contributed by atoms with Crippen LogP contribution < -0.4 is 4.72 Å². The van der Waals surface area contributed by atoms with Crippen molar-refractivity contribution in [3.05, 3.63) is 65.2 Å². The van der Waals surface area contributed by atoms with Crippen LogP contribution in [0.5, 0.6) is 0 Å². The Bertz CT molecular complexity index is 784. The maximum Gasteiger partial charge on any atom is 0.241 e. The first-order valence-corrected chi connectivity index (χ1v) is 9.19. The summed E-state index contributed by atoms with van der Waals surface area (Å²) in [6.07, 6.45) is 1.54. The summed E-state index contributed by atoms with van der Waals surface area (Å²) in [5, 5.41) is 0. The summed E-state index contributed by atoms with van der Waals surface area (Å²) < 4.78 is 33.8. The number of aryl methyl sites for hydroxylation is 2. The molecule has 23 heavy (non-hydrogen) atoms. The second kappa shape index (κ2) is 6.43. The van der Waals surface area contributed by atoms with E-state index in [1.54, 1.807) is 31.4 Å². The molecule has 0 saturated heterocycles. The van der Waals surface area contributed by atoms with E-state index in [0.29, 0.717) is 0 Å². The number of methoxy groups -OCH3 is 1. The minimum atomic E-state index is -3.59. The van der Waals surface area contributed by atoms with Crippen molar-refractivity contribution in [2.75, 3.05) is 7.11 Å². The minimum absolute atomic E-state index is 0.162. The summed E-state index contributed by atoms with van der Waals surface area (Å²) in [5.74, 6) is 0. The first-order chi connectivity index (χ1) is 11.0. The third-order valence-electron chi connectivity index (χ3n) is 4.38. The second-order valence-electron chi connectivity index (χ2n) is 5.92. The SMILES string of the molecule is CO[C@H]1CCc2ccccc2[C@H]1NS(=O)(=O)c1ccc(C)cc1. The molecule has 1 aliphatic carbocycles. The zero-order chi connectivity index (χ0) is 16.4. The smallest absolute Gasteiger partial charge is 0.241 e. The number of sulfonamides is 1. The van der Waals surface area contributed by atoms with Crippen molar-refractivity contribution in [2.45, 2.75) is 36.8 Å². The lowest BCUT2D eigenvalue weighted by atomic mass is 9.86. The molecule has 2 atom stereocenters. The highest BCUT2D eigenvalue weighted by Gasteiger charge is 2.33. The van der Waals surface area contributed by atoms with Crippen LogP contribution in [0.3, 0.4) is 0 Å². The van der Waals surface area contributed by atoms with Gasteiger partial charge in [-0.05, 0) is 43.0 Å². The predicted molar refractivity (Wildman–Crippen MR) is 89.8 cm³/mol. The van der Waals surface area contributed by atoms with Gasteiger partial charge in [0.15, 0.2) is 0 Å². The molecule has 4 nitrogen and oxygen atoms in total. The summed E-state index contributed by atoms with van der Waals surface area (Å²) in [4.78, 5) is 0.279. The number of rotatable bonds is 4. The average molecular weight is 331 g/mol. The quantitative estimate of drug-likeness (QED) is 0.937. The standard InChI is InChI=1S/C18H21NO3S/c1-13-7-10-15(11-8-13)23(20,21)19-18-16-6-4-3-5-14(16)9-12-17(18)22-2/h3-8,10-11,17-19H,9,12H2,1-2H3/t17-,18+/m0/s1. The molecule has 0 unspecified atom stereocenters. The van der Waals surface area contributed by atoms with Gasteiger partial charge in [0.25, 0.3) is 0 Å². The molecule has 1 aliphatic rings. The summed E-state index contributed by atoms with van der Waals surface area (Å²) in [6.45, 7) is 1.93. The van der Waals surface area contributed by atoms with Gasteiger partial charge in [0.05, 0.1) is 17.0 Å². The minimum Gasteiger partial charge on any atom is -0.379 e. The highest BCUT2D eigenvalue weighted by Crippen LogP contribution is 2.32. The first kappa shape index (κ1) is 16.2. The van der Waals surface area contributed by atoms with Gasteiger partial charge < -0.3 is 4.74 Å². The van der Waals surface area contributed by atoms with Gasteiger partial charge in [-0.25, -0.2) is 13.1 Å². The van der Waals surface area contributed by atoms with Gasteiger partial charge in [-0.2, -0.15) is 0 Å². The van der Waals surface area contributed by atoms with Crippen LogP contribution in [-0.4, -0.2) is 21.6 Å². The third kappa shape index (κ3) is 3.32. The molecule has 1 N–H and O–H groups in total. The number of hydrogen-bond donors (Lipinski definition) is 1. The van der Waals surface area contributed by atoms with E-state index in [0.717, 1.165) is 24.0 Å². The van der Waals surface area contributed by atoms with E-state index >= 15 is 0 Å². The highest BCUT2D eigenvalue weighted by molar-refractivity contribution is 7.89. The molecule has 0 fully saturated rings. The second-order valence-corrected chi connectivity index (χ2v) is 7.64. The van der Waals surface area contributed by atoms with Crippen LogP contribution in [0.25, 0.3) is 0 Å². The maximum atomic E-state index is 12.7. The van der Waals surface area contributed by atoms with Crippen LogP contribution in [0.2, 0.25) is 0 Å². The fourth-order valence-electron chi connectivity index (χ4n) is 3.08. The van der Waals surface area contributed by atoms with Crippen molar-refractivity contribution < 1.29 is 13.2 Å². The topological polar surface area (TPSA) is 55.4 Å². The van der Waals surface area contributed by atoms with Crippen LogP contribution in [0, 0.1) is 6.92 Å². The Morgan fingerprint density at radius 1 is 1.09 bits per heavy atom. The van der Waals surface area contributed by atoms with E-state index in [4.69, 9.17) is 4.74 Å². The third-order valence-corrected chi connectivity index (χ3v) is 5.83. The van der Waals surface area contributed by atoms with E-state index in [-0.39, 0.29) is 17.0 Å². The largest absolute Gasteiger partial charge is 0.379 e. The van der Waals surface area contributed by atoms with Gasteiger partial charge in [0.1, 0.15) is 0 Å². The van der Waals surface area contributed by atoms with Crippen molar-refractivity contribution in [3.63, 3.8) is 0 Å². The zero-order valence-electron chi connectivity index (χ0n) is 13.3. The molecule has 0 aromatic heterocycles. The van der Waals surface area contributed by atoms with Crippen molar-refractivity contribution in [3.8, 4) is 0 Å². The van der Waals surface area contributed by atoms with E-state index < -0.39 is 10.0 Å². The molecule has 0 saturated carbocycles. The van der Waals surface area contributed by atoms with Crippen LogP contribution in [0.1, 0.15) is 29.2 Å². The number of ether oxygens (including phenoxy) is 1. The van der Waals surface area contributed by atoms with Gasteiger partial charge in [0.2, 0.25) is 10.0 Å². The molecule has 2 aromatic carbocycles. The first-order valence-electron chi connectivity index (χ1n) is 7.71. The Morgan fingerprint density at radius 3 is 2.48 bits per heavy atom. The lowest BCUT2D eigenvalue weighted by molar-refractivity contribution is 0.0627. The molecule has 0 aliphatic heterocycles. The number of hydrogen-bond acceptors (Lipinski definition) is 3. The number of benzene rings is 2. The van der Waals surface area contributed by atoms with Crippen LogP contribution in [0.15, 0.2) is 53.4 Å². The van der Waals surface area contributed by atoms with Crippen LogP contribution in [-0.2, 0) is 21.2 Å². The van der Waals surface area contributed by atoms with Crippen molar-refractivity contribution in [2.24, 2.45) is 0 Å². The predicted octanol–water partition coefficient (Wildman–Crippen LogP) is 2.98. The lowest BCUT2D eigenvalue weighted by Gasteiger charge is -2.33. The monoisotopic (exact) mass is 331 g/mol. The Labute approximate surface area is 137 Å². The summed E-state index contributed by atoms with van der Waals surface area (Å²) in [5.41, 5.74) is 3.21. The van der Waals surface area contributed by atoms with Crippen molar-refractivity contribution in [1.82, 2.24) is 4.72 Å². The normalized spacial score (nSPS) is 21.0. The van der Waals surface area contributed by atoms with E-state index in [9.17, 15) is 8.42 Å². The Kier molecular flexibility index (Phi) is 4.53. The van der Waals surface area contributed by atoms with Crippen molar-refractivity contribution in [1.29, 1.82) is 0 Å². The van der Waals surface area contributed by atoms with Gasteiger partial charge in [-0.15, -0.1) is 0 Å². The van der Waals surface area contributed by atoms with Gasteiger partial charge >= 0.3 is 0 Å². The molecule has 3 rings (SSSR count). The van der Waals surface area contributed by atoms with Crippen LogP contribution in [0.4, 0.5) is 0 Å². The lowest BCUT2D eigenvalue weighted by Crippen LogP contribution is -2.40. The molecule has 0 bridgehead atoms. The summed E-state index contributed by atoms with van der Waals surface area (Å²) in [7, 11) is -1.96. The maximum absolute atomic E-state index is 12.7. The molecule has 0 amide bonds. The average Bonchev–Trinajstić information content (AvgIpc) is 2.55. The van der Waals surface area contributed by atoms with E-state index in [2.05, 4.69) is 4.72 Å². The zero-order valence-corrected chi connectivity index (χ0v) is 14.1. The van der Waals surface area contributed by atoms with E-state index in [1.807, 2.05) is 31.2 Å². The molecular formula is C18H21NO3S. The van der Waals surface area contributed by atoms with E-state index in [1.165, 1.54) is 5.56 Å².